The number of hydrogen-bond acceptors (Lipinski definition) is 4. The molecule has 0 aliphatic heterocycles. The quantitative estimate of drug-likeness (QED) is 0.511. The topological polar surface area (TPSA) is 72.0 Å². The highest BCUT2D eigenvalue weighted by atomic mass is 79.9. The van der Waals surface area contributed by atoms with Crippen molar-refractivity contribution in [3.8, 4) is 12.1 Å². The molecule has 0 unspecified atom stereocenters. The Morgan fingerprint density at radius 3 is 2.32 bits per heavy atom. The predicted octanol–water partition coefficient (Wildman–Crippen LogP) is 3.42. The number of nitrogens with one attached hydrogen (secondary N) is 1. The lowest BCUT2D eigenvalue weighted by atomic mass is 10.2. The fraction of sp³-hybridized carbons (Fsp3) is 0.100. The molecule has 9 heteroatoms. The minimum Gasteiger partial charge on any atom is -0.275 e. The van der Waals surface area contributed by atoms with Crippen molar-refractivity contribution in [3.05, 3.63) is 28.0 Å². The van der Waals surface area contributed by atoms with E-state index in [9.17, 15) is 17.6 Å². The zero-order valence-electron chi connectivity index (χ0n) is 8.89. The summed E-state index contributed by atoms with van der Waals surface area (Å²) in [7, 11) is 0. The van der Waals surface area contributed by atoms with E-state index >= 15 is 0 Å². The molecule has 1 aromatic rings. The van der Waals surface area contributed by atoms with Crippen LogP contribution in [0.1, 0.15) is 5.56 Å². The molecule has 1 aromatic carbocycles. The van der Waals surface area contributed by atoms with Crippen LogP contribution in [0.2, 0.25) is 0 Å². The summed E-state index contributed by atoms with van der Waals surface area (Å²) in [5.41, 5.74) is -0.203. The van der Waals surface area contributed by atoms with Gasteiger partial charge in [-0.3, -0.25) is 5.43 Å². The van der Waals surface area contributed by atoms with Gasteiger partial charge in [-0.1, -0.05) is 0 Å². The van der Waals surface area contributed by atoms with Crippen molar-refractivity contribution in [3.63, 3.8) is 0 Å². The molecule has 0 saturated carbocycles. The van der Waals surface area contributed by atoms with Crippen LogP contribution in [0.4, 0.5) is 23.2 Å². The Kier molecular flexibility index (Phi) is 4.46. The number of nitriles is 2. The monoisotopic (exact) mass is 334 g/mol. The molecule has 4 nitrogen and oxygen atoms in total. The summed E-state index contributed by atoms with van der Waals surface area (Å²) in [4.78, 5) is 0. The Hall–Kier alpha value is -2.13. The Labute approximate surface area is 113 Å². The first-order valence-corrected chi connectivity index (χ1v) is 5.29. The van der Waals surface area contributed by atoms with E-state index in [4.69, 9.17) is 10.5 Å². The van der Waals surface area contributed by atoms with Crippen molar-refractivity contribution >= 4 is 27.3 Å². The molecule has 0 aliphatic rings. The summed E-state index contributed by atoms with van der Waals surface area (Å²) in [5, 5.41) is 20.1. The van der Waals surface area contributed by atoms with Crippen molar-refractivity contribution in [2.24, 2.45) is 5.10 Å². The molecule has 0 aromatic heterocycles. The summed E-state index contributed by atoms with van der Waals surface area (Å²) in [6, 6.07) is 3.92. The lowest BCUT2D eigenvalue weighted by Crippen LogP contribution is -2.09. The van der Waals surface area contributed by atoms with E-state index in [2.05, 4.69) is 26.5 Å². The molecule has 0 atom stereocenters. The summed E-state index contributed by atoms with van der Waals surface area (Å²) >= 11 is 2.84. The van der Waals surface area contributed by atoms with Gasteiger partial charge in [-0.25, -0.2) is 4.39 Å². The normalized spacial score (nSPS) is 10.3. The SMILES string of the molecule is N#CC(C#N)=NNc1cc(C(F)(F)F)c(F)cc1Br. The van der Waals surface area contributed by atoms with Crippen LogP contribution in [0.5, 0.6) is 0 Å². The van der Waals surface area contributed by atoms with E-state index in [0.717, 1.165) is 0 Å². The Morgan fingerprint density at radius 1 is 1.26 bits per heavy atom. The lowest BCUT2D eigenvalue weighted by Gasteiger charge is -2.11. The molecule has 1 N–H and O–H groups in total. The van der Waals surface area contributed by atoms with E-state index in [1.807, 2.05) is 0 Å². The average Bonchev–Trinajstić information content (AvgIpc) is 2.31. The van der Waals surface area contributed by atoms with Gasteiger partial charge in [-0.15, -0.1) is 0 Å². The maximum Gasteiger partial charge on any atom is 0.419 e. The highest BCUT2D eigenvalue weighted by Gasteiger charge is 2.34. The van der Waals surface area contributed by atoms with Gasteiger partial charge in [0, 0.05) is 4.47 Å². The number of hydrogen-bond donors (Lipinski definition) is 1. The van der Waals surface area contributed by atoms with Crippen LogP contribution in [0, 0.1) is 28.5 Å². The predicted molar refractivity (Wildman–Crippen MR) is 61.4 cm³/mol. The maximum absolute atomic E-state index is 13.1. The fourth-order valence-corrected chi connectivity index (χ4v) is 1.45. The van der Waals surface area contributed by atoms with E-state index in [-0.39, 0.29) is 10.2 Å². The van der Waals surface area contributed by atoms with Crippen molar-refractivity contribution in [1.82, 2.24) is 0 Å². The second kappa shape index (κ2) is 5.67. The Balaban J connectivity index is 3.21. The van der Waals surface area contributed by atoms with Gasteiger partial charge in [0.2, 0.25) is 5.71 Å². The molecule has 0 radical (unpaired) electrons. The van der Waals surface area contributed by atoms with Gasteiger partial charge < -0.3 is 0 Å². The van der Waals surface area contributed by atoms with Gasteiger partial charge in [0.05, 0.1) is 11.3 Å². The van der Waals surface area contributed by atoms with Crippen molar-refractivity contribution in [1.29, 1.82) is 10.5 Å². The second-order valence-corrected chi connectivity index (χ2v) is 3.96. The van der Waals surface area contributed by atoms with Crippen LogP contribution in [-0.2, 0) is 6.18 Å². The number of hydrazone groups is 1. The van der Waals surface area contributed by atoms with E-state index < -0.39 is 23.3 Å². The first-order valence-electron chi connectivity index (χ1n) is 4.49. The largest absolute Gasteiger partial charge is 0.419 e. The first kappa shape index (κ1) is 14.9. The molecule has 0 bridgehead atoms. The fourth-order valence-electron chi connectivity index (χ4n) is 1.04. The summed E-state index contributed by atoms with van der Waals surface area (Å²) in [6.07, 6.45) is -4.86. The molecular weight excluding hydrogens is 332 g/mol. The Bertz CT molecular complexity index is 594. The molecule has 1 rings (SSSR count). The summed E-state index contributed by atoms with van der Waals surface area (Å²) in [6.45, 7) is 0. The molecule has 0 fully saturated rings. The number of benzene rings is 1. The van der Waals surface area contributed by atoms with Crippen LogP contribution in [-0.4, -0.2) is 5.71 Å². The minimum atomic E-state index is -4.86. The second-order valence-electron chi connectivity index (χ2n) is 3.11. The zero-order valence-corrected chi connectivity index (χ0v) is 10.5. The third-order valence-electron chi connectivity index (χ3n) is 1.86. The van der Waals surface area contributed by atoms with E-state index in [0.29, 0.717) is 12.1 Å². The molecule has 0 amide bonds. The molecule has 0 spiro atoms. The Morgan fingerprint density at radius 2 is 1.84 bits per heavy atom. The van der Waals surface area contributed by atoms with Gasteiger partial charge >= 0.3 is 6.18 Å². The number of nitrogens with zero attached hydrogens (tertiary/aromatic N) is 3. The van der Waals surface area contributed by atoms with Gasteiger partial charge in [0.15, 0.2) is 0 Å². The molecule has 0 saturated heterocycles. The molecule has 0 aliphatic carbocycles. The number of rotatable bonds is 2. The van der Waals surface area contributed by atoms with Crippen LogP contribution in [0.15, 0.2) is 21.7 Å². The summed E-state index contributed by atoms with van der Waals surface area (Å²) < 4.78 is 50.5. The van der Waals surface area contributed by atoms with E-state index in [1.54, 1.807) is 0 Å². The smallest absolute Gasteiger partial charge is 0.275 e. The number of alkyl halides is 3. The number of anilines is 1. The first-order chi connectivity index (χ1) is 8.79. The van der Waals surface area contributed by atoms with Gasteiger partial charge in [0.25, 0.3) is 0 Å². The van der Waals surface area contributed by atoms with Crippen LogP contribution in [0.25, 0.3) is 0 Å². The van der Waals surface area contributed by atoms with E-state index in [1.165, 1.54) is 12.1 Å². The minimum absolute atomic E-state index is 0.0306. The average molecular weight is 335 g/mol. The van der Waals surface area contributed by atoms with Crippen LogP contribution < -0.4 is 5.43 Å². The highest BCUT2D eigenvalue weighted by Crippen LogP contribution is 2.36. The maximum atomic E-state index is 13.1. The van der Waals surface area contributed by atoms with Crippen molar-refractivity contribution in [2.75, 3.05) is 5.43 Å². The molecule has 19 heavy (non-hydrogen) atoms. The molecule has 0 heterocycles. The van der Waals surface area contributed by atoms with Crippen LogP contribution >= 0.6 is 15.9 Å². The third-order valence-corrected chi connectivity index (χ3v) is 2.52. The summed E-state index contributed by atoms with van der Waals surface area (Å²) in [5.74, 6) is -1.45. The van der Waals surface area contributed by atoms with Crippen molar-refractivity contribution in [2.45, 2.75) is 6.18 Å². The zero-order chi connectivity index (χ0) is 14.6. The third kappa shape index (κ3) is 3.66. The standard InChI is InChI=1S/C10H3BrF4N4/c11-7-2-8(12)6(10(13,14)15)1-9(7)19-18-5(3-16)4-17/h1-2,19H. The van der Waals surface area contributed by atoms with Crippen LogP contribution in [0.3, 0.4) is 0 Å². The van der Waals surface area contributed by atoms with Crippen molar-refractivity contribution < 1.29 is 17.6 Å². The van der Waals surface area contributed by atoms with Gasteiger partial charge in [0.1, 0.15) is 18.0 Å². The van der Waals surface area contributed by atoms with Gasteiger partial charge in [-0.05, 0) is 28.1 Å². The lowest BCUT2D eigenvalue weighted by molar-refractivity contribution is -0.139. The molecular formula is C10H3BrF4N4. The van der Waals surface area contributed by atoms with Gasteiger partial charge in [-0.2, -0.15) is 28.8 Å². The highest BCUT2D eigenvalue weighted by molar-refractivity contribution is 9.10. The number of halogens is 5. The molecule has 98 valence electrons.